The van der Waals surface area contributed by atoms with Crippen molar-refractivity contribution in [2.75, 3.05) is 0 Å². The lowest BCUT2D eigenvalue weighted by Gasteiger charge is -2.31. The van der Waals surface area contributed by atoms with Crippen molar-refractivity contribution in [1.82, 2.24) is 0 Å². The fourth-order valence-electron chi connectivity index (χ4n) is 1.93. The second kappa shape index (κ2) is 5.02. The first kappa shape index (κ1) is 15.2. The summed E-state index contributed by atoms with van der Waals surface area (Å²) in [7, 11) is 0. The Morgan fingerprint density at radius 1 is 0.944 bits per heavy atom. The Morgan fingerprint density at radius 2 is 1.39 bits per heavy atom. The number of rotatable bonds is 2. The summed E-state index contributed by atoms with van der Waals surface area (Å²) in [5.41, 5.74) is 8.34. The third kappa shape index (κ3) is 3.56. The van der Waals surface area contributed by atoms with Gasteiger partial charge in [-0.15, -0.1) is 0 Å². The van der Waals surface area contributed by atoms with Crippen LogP contribution in [-0.2, 0) is 5.41 Å². The summed E-state index contributed by atoms with van der Waals surface area (Å²) in [6, 6.07) is 7.93. The molecule has 1 aromatic rings. The topological polar surface area (TPSA) is 46.2 Å². The molecule has 0 unspecified atom stereocenters. The number of aliphatic hydroxyl groups is 1. The lowest BCUT2D eigenvalue weighted by Crippen LogP contribution is -2.37. The van der Waals surface area contributed by atoms with Gasteiger partial charge < -0.3 is 10.8 Å². The molecule has 0 saturated carbocycles. The average Bonchev–Trinajstić information content (AvgIpc) is 2.25. The smallest absolute Gasteiger partial charge is 0.0780 e. The van der Waals surface area contributed by atoms with E-state index in [-0.39, 0.29) is 16.9 Å². The molecule has 18 heavy (non-hydrogen) atoms. The van der Waals surface area contributed by atoms with Gasteiger partial charge in [0.15, 0.2) is 0 Å². The van der Waals surface area contributed by atoms with Gasteiger partial charge in [-0.1, -0.05) is 65.8 Å². The minimum Gasteiger partial charge on any atom is -0.391 e. The molecule has 0 amide bonds. The van der Waals surface area contributed by atoms with Crippen molar-refractivity contribution >= 4 is 0 Å². The number of nitrogens with two attached hydrogens (primary N) is 1. The minimum absolute atomic E-state index is 0.144. The average molecular weight is 249 g/mol. The maximum atomic E-state index is 10.2. The van der Waals surface area contributed by atoms with E-state index in [2.05, 4.69) is 32.9 Å². The highest BCUT2D eigenvalue weighted by Gasteiger charge is 2.29. The van der Waals surface area contributed by atoms with Gasteiger partial charge in [-0.25, -0.2) is 0 Å². The third-order valence-electron chi connectivity index (χ3n) is 3.39. The molecule has 0 spiro atoms. The molecule has 0 saturated heterocycles. The molecule has 2 nitrogen and oxygen atoms in total. The SMILES string of the molecule is CC(C)(C)c1ccc([C@H](N)[C@H](O)C(C)(C)C)cc1. The Labute approximate surface area is 111 Å². The number of hydrogen-bond donors (Lipinski definition) is 2. The molecule has 3 N–H and O–H groups in total. The first-order chi connectivity index (χ1) is 8.03. The molecule has 0 aliphatic rings. The van der Waals surface area contributed by atoms with Crippen molar-refractivity contribution in [2.24, 2.45) is 11.1 Å². The van der Waals surface area contributed by atoms with Crippen LogP contribution in [0.2, 0.25) is 0 Å². The monoisotopic (exact) mass is 249 g/mol. The van der Waals surface area contributed by atoms with Crippen LogP contribution >= 0.6 is 0 Å². The Hall–Kier alpha value is -0.860. The van der Waals surface area contributed by atoms with Crippen molar-refractivity contribution in [1.29, 1.82) is 0 Å². The van der Waals surface area contributed by atoms with E-state index in [1.54, 1.807) is 0 Å². The van der Waals surface area contributed by atoms with Crippen LogP contribution in [0.25, 0.3) is 0 Å². The maximum absolute atomic E-state index is 10.2. The first-order valence-corrected chi connectivity index (χ1v) is 6.57. The van der Waals surface area contributed by atoms with Crippen molar-refractivity contribution in [3.05, 3.63) is 35.4 Å². The van der Waals surface area contributed by atoms with Crippen molar-refractivity contribution < 1.29 is 5.11 Å². The fourth-order valence-corrected chi connectivity index (χ4v) is 1.93. The lowest BCUT2D eigenvalue weighted by atomic mass is 9.81. The van der Waals surface area contributed by atoms with Gasteiger partial charge in [-0.2, -0.15) is 0 Å². The van der Waals surface area contributed by atoms with E-state index in [1.807, 2.05) is 32.9 Å². The largest absolute Gasteiger partial charge is 0.391 e. The zero-order valence-electron chi connectivity index (χ0n) is 12.5. The van der Waals surface area contributed by atoms with E-state index in [4.69, 9.17) is 5.73 Å². The van der Waals surface area contributed by atoms with Crippen molar-refractivity contribution in [2.45, 2.75) is 59.1 Å². The predicted molar refractivity (Wildman–Crippen MR) is 77.5 cm³/mol. The van der Waals surface area contributed by atoms with E-state index in [0.717, 1.165) is 5.56 Å². The van der Waals surface area contributed by atoms with E-state index in [1.165, 1.54) is 5.56 Å². The Morgan fingerprint density at radius 3 is 1.72 bits per heavy atom. The molecule has 0 bridgehead atoms. The molecule has 0 aliphatic carbocycles. The summed E-state index contributed by atoms with van der Waals surface area (Å²) in [6.45, 7) is 12.6. The third-order valence-corrected chi connectivity index (χ3v) is 3.39. The summed E-state index contributed by atoms with van der Waals surface area (Å²) < 4.78 is 0. The minimum atomic E-state index is -0.544. The molecular weight excluding hydrogens is 222 g/mol. The van der Waals surface area contributed by atoms with Crippen LogP contribution in [0.3, 0.4) is 0 Å². The molecule has 1 rings (SSSR count). The zero-order chi connectivity index (χ0) is 14.1. The van der Waals surface area contributed by atoms with Gasteiger partial charge in [-0.3, -0.25) is 0 Å². The van der Waals surface area contributed by atoms with Crippen LogP contribution in [0.15, 0.2) is 24.3 Å². The number of benzene rings is 1. The molecule has 1 aromatic carbocycles. The van der Waals surface area contributed by atoms with Gasteiger partial charge in [-0.05, 0) is 22.0 Å². The van der Waals surface area contributed by atoms with Crippen LogP contribution in [0, 0.1) is 5.41 Å². The van der Waals surface area contributed by atoms with Crippen LogP contribution in [-0.4, -0.2) is 11.2 Å². The van der Waals surface area contributed by atoms with Gasteiger partial charge in [0.1, 0.15) is 0 Å². The molecule has 0 aromatic heterocycles. The number of hydrogen-bond acceptors (Lipinski definition) is 2. The second-order valence-electron chi connectivity index (χ2n) is 7.21. The molecule has 0 heterocycles. The molecule has 2 atom stereocenters. The first-order valence-electron chi connectivity index (χ1n) is 6.57. The van der Waals surface area contributed by atoms with E-state index in [0.29, 0.717) is 0 Å². The second-order valence-corrected chi connectivity index (χ2v) is 7.21. The van der Waals surface area contributed by atoms with E-state index < -0.39 is 6.10 Å². The zero-order valence-corrected chi connectivity index (χ0v) is 12.5. The summed E-state index contributed by atoms with van der Waals surface area (Å²) in [6.07, 6.45) is -0.544. The van der Waals surface area contributed by atoms with Gasteiger partial charge in [0.25, 0.3) is 0 Å². The summed E-state index contributed by atoms with van der Waals surface area (Å²) in [5.74, 6) is 0. The van der Waals surface area contributed by atoms with Gasteiger partial charge >= 0.3 is 0 Å². The summed E-state index contributed by atoms with van der Waals surface area (Å²) in [5, 5.41) is 10.2. The van der Waals surface area contributed by atoms with Crippen LogP contribution in [0.1, 0.15) is 58.7 Å². The van der Waals surface area contributed by atoms with E-state index in [9.17, 15) is 5.11 Å². The molecule has 0 fully saturated rings. The molecule has 102 valence electrons. The molecule has 2 heteroatoms. The van der Waals surface area contributed by atoms with Crippen LogP contribution in [0.5, 0.6) is 0 Å². The standard InChI is InChI=1S/C16H27NO/c1-15(2,3)12-9-7-11(8-10-12)13(17)14(18)16(4,5)6/h7-10,13-14,18H,17H2,1-6H3/t13-,14-/m0/s1. The Bertz CT molecular complexity index is 381. The molecule has 0 aliphatic heterocycles. The number of aliphatic hydroxyl groups excluding tert-OH is 1. The van der Waals surface area contributed by atoms with Crippen LogP contribution < -0.4 is 5.73 Å². The highest BCUT2D eigenvalue weighted by Crippen LogP contribution is 2.30. The molecule has 0 radical (unpaired) electrons. The predicted octanol–water partition coefficient (Wildman–Crippen LogP) is 3.39. The van der Waals surface area contributed by atoms with Crippen molar-refractivity contribution in [3.63, 3.8) is 0 Å². The summed E-state index contributed by atoms with van der Waals surface area (Å²) >= 11 is 0. The van der Waals surface area contributed by atoms with Crippen molar-refractivity contribution in [3.8, 4) is 0 Å². The van der Waals surface area contributed by atoms with Gasteiger partial charge in [0, 0.05) is 0 Å². The molecular formula is C16H27NO. The highest BCUT2D eigenvalue weighted by atomic mass is 16.3. The van der Waals surface area contributed by atoms with Crippen LogP contribution in [0.4, 0.5) is 0 Å². The quantitative estimate of drug-likeness (QED) is 0.844. The Kier molecular flexibility index (Phi) is 4.24. The van der Waals surface area contributed by atoms with Gasteiger partial charge in [0.2, 0.25) is 0 Å². The maximum Gasteiger partial charge on any atom is 0.0780 e. The lowest BCUT2D eigenvalue weighted by molar-refractivity contribution is 0.0401. The fraction of sp³-hybridized carbons (Fsp3) is 0.625. The van der Waals surface area contributed by atoms with E-state index >= 15 is 0 Å². The normalized spacial score (nSPS) is 16.4. The van der Waals surface area contributed by atoms with Gasteiger partial charge in [0.05, 0.1) is 12.1 Å². The highest BCUT2D eigenvalue weighted by molar-refractivity contribution is 5.29. The summed E-state index contributed by atoms with van der Waals surface area (Å²) in [4.78, 5) is 0. The Balaban J connectivity index is 2.93.